The standard InChI is InChI=1S/C22H27FN8S/c1-5-8-17-19(13-16-9-10-29-31(16)22(25-7-3)18(23)6-2)28-15-30(24-4)21(17)27-14-20-26-11-12-32-20/h6-7,9-12,15,24H,2,5,8,13-14H2,1,3-4H3/b22-18-,25-7-,27-21?. The van der Waals surface area contributed by atoms with Crippen LogP contribution in [0.1, 0.15) is 42.2 Å². The first-order chi connectivity index (χ1) is 15.6. The third kappa shape index (κ3) is 5.25. The van der Waals surface area contributed by atoms with Crippen molar-refractivity contribution in [3.63, 3.8) is 0 Å². The molecule has 32 heavy (non-hydrogen) atoms. The highest BCUT2D eigenvalue weighted by molar-refractivity contribution is 7.09. The van der Waals surface area contributed by atoms with Crippen LogP contribution in [-0.4, -0.2) is 37.7 Å². The molecule has 0 spiro atoms. The molecule has 10 heteroatoms. The fourth-order valence-corrected chi connectivity index (χ4v) is 3.80. The number of hydrogen-bond acceptors (Lipinski definition) is 7. The average Bonchev–Trinajstić information content (AvgIpc) is 3.49. The van der Waals surface area contributed by atoms with E-state index in [1.54, 1.807) is 37.0 Å². The number of aromatic nitrogens is 5. The summed E-state index contributed by atoms with van der Waals surface area (Å²) in [5.41, 5.74) is 6.58. The van der Waals surface area contributed by atoms with Crippen LogP contribution in [0.2, 0.25) is 0 Å². The van der Waals surface area contributed by atoms with Crippen molar-refractivity contribution >= 4 is 23.4 Å². The Kier molecular flexibility index (Phi) is 8.20. The molecule has 0 radical (unpaired) electrons. The first-order valence-electron chi connectivity index (χ1n) is 10.3. The summed E-state index contributed by atoms with van der Waals surface area (Å²) < 4.78 is 17.7. The van der Waals surface area contributed by atoms with Gasteiger partial charge in [-0.25, -0.2) is 28.7 Å². The lowest BCUT2D eigenvalue weighted by Crippen LogP contribution is -2.32. The van der Waals surface area contributed by atoms with E-state index < -0.39 is 5.83 Å². The van der Waals surface area contributed by atoms with Gasteiger partial charge in [0.05, 0.1) is 17.9 Å². The van der Waals surface area contributed by atoms with Gasteiger partial charge in [0.25, 0.3) is 0 Å². The number of aliphatic imine (C=N–C) groups is 1. The number of halogens is 1. The van der Waals surface area contributed by atoms with Crippen LogP contribution in [0.5, 0.6) is 0 Å². The van der Waals surface area contributed by atoms with Crippen molar-refractivity contribution in [3.8, 4) is 0 Å². The van der Waals surface area contributed by atoms with E-state index in [0.29, 0.717) is 13.0 Å². The summed E-state index contributed by atoms with van der Waals surface area (Å²) in [5, 5.41) is 7.17. The van der Waals surface area contributed by atoms with Crippen LogP contribution in [0.25, 0.3) is 5.82 Å². The molecular formula is C22H27FN8S. The van der Waals surface area contributed by atoms with E-state index in [2.05, 4.69) is 39.0 Å². The maximum atomic E-state index is 14.4. The minimum absolute atomic E-state index is 0.0921. The second-order valence-corrected chi connectivity index (χ2v) is 7.73. The Morgan fingerprint density at radius 1 is 1.34 bits per heavy atom. The molecule has 8 nitrogen and oxygen atoms in total. The van der Waals surface area contributed by atoms with Crippen molar-refractivity contribution in [1.29, 1.82) is 0 Å². The molecule has 0 atom stereocenters. The Morgan fingerprint density at radius 2 is 2.19 bits per heavy atom. The highest BCUT2D eigenvalue weighted by atomic mass is 32.1. The summed E-state index contributed by atoms with van der Waals surface area (Å²) >= 11 is 1.57. The van der Waals surface area contributed by atoms with E-state index in [4.69, 9.17) is 4.99 Å². The maximum absolute atomic E-state index is 14.4. The van der Waals surface area contributed by atoms with Gasteiger partial charge in [0.2, 0.25) is 0 Å². The minimum atomic E-state index is -0.546. The van der Waals surface area contributed by atoms with E-state index in [0.717, 1.165) is 46.4 Å². The third-order valence-corrected chi connectivity index (χ3v) is 5.44. The van der Waals surface area contributed by atoms with Crippen molar-refractivity contribution in [2.24, 2.45) is 9.98 Å². The lowest BCUT2D eigenvalue weighted by molar-refractivity contribution is 0.650. The summed E-state index contributed by atoms with van der Waals surface area (Å²) in [6.45, 7) is 7.84. The lowest BCUT2D eigenvalue weighted by atomic mass is 10.1. The molecule has 0 bridgehead atoms. The monoisotopic (exact) mass is 454 g/mol. The summed E-state index contributed by atoms with van der Waals surface area (Å²) in [7, 11) is 1.83. The van der Waals surface area contributed by atoms with Crippen molar-refractivity contribution in [2.45, 2.75) is 39.7 Å². The van der Waals surface area contributed by atoms with Crippen molar-refractivity contribution in [1.82, 2.24) is 24.4 Å². The SMILES string of the molecule is C=C/C(F)=C(\N=C/C)n1nccc1Cc1ncn(NC)c(=NCc2nccs2)c1CCC. The van der Waals surface area contributed by atoms with Crippen LogP contribution in [0.4, 0.5) is 4.39 Å². The molecule has 3 aromatic heterocycles. The quantitative estimate of drug-likeness (QED) is 0.374. The molecular weight excluding hydrogens is 427 g/mol. The molecule has 168 valence electrons. The molecule has 0 saturated carbocycles. The Labute approximate surface area is 190 Å². The molecule has 0 amide bonds. The van der Waals surface area contributed by atoms with Crippen molar-refractivity contribution < 1.29 is 4.39 Å². The maximum Gasteiger partial charge on any atom is 0.189 e. The van der Waals surface area contributed by atoms with E-state index >= 15 is 0 Å². The highest BCUT2D eigenvalue weighted by Crippen LogP contribution is 2.19. The Hall–Kier alpha value is -3.40. The molecule has 0 aromatic carbocycles. The Bertz CT molecular complexity index is 1170. The third-order valence-electron chi connectivity index (χ3n) is 4.68. The molecule has 0 aliphatic heterocycles. The first-order valence-corrected chi connectivity index (χ1v) is 11.2. The zero-order valence-corrected chi connectivity index (χ0v) is 19.3. The highest BCUT2D eigenvalue weighted by Gasteiger charge is 2.16. The largest absolute Gasteiger partial charge is 0.326 e. The molecule has 3 heterocycles. The molecule has 0 unspecified atom stereocenters. The van der Waals surface area contributed by atoms with Crippen LogP contribution in [0.3, 0.4) is 0 Å². The predicted octanol–water partition coefficient (Wildman–Crippen LogP) is 3.73. The first kappa shape index (κ1) is 23.3. The van der Waals surface area contributed by atoms with Gasteiger partial charge in [0, 0.05) is 43.0 Å². The fourth-order valence-electron chi connectivity index (χ4n) is 3.26. The summed E-state index contributed by atoms with van der Waals surface area (Å²) in [6.07, 6.45) is 9.94. The van der Waals surface area contributed by atoms with Crippen LogP contribution in [0.15, 0.2) is 58.6 Å². The Morgan fingerprint density at radius 3 is 2.84 bits per heavy atom. The van der Waals surface area contributed by atoms with E-state index in [1.807, 2.05) is 23.2 Å². The second kappa shape index (κ2) is 11.3. The summed E-state index contributed by atoms with van der Waals surface area (Å²) in [4.78, 5) is 18.0. The Balaban J connectivity index is 2.08. The minimum Gasteiger partial charge on any atom is -0.326 e. The van der Waals surface area contributed by atoms with Gasteiger partial charge in [-0.3, -0.25) is 4.99 Å². The second-order valence-electron chi connectivity index (χ2n) is 6.75. The van der Waals surface area contributed by atoms with Crippen molar-refractivity contribution in [2.75, 3.05) is 12.5 Å². The van der Waals surface area contributed by atoms with Gasteiger partial charge >= 0.3 is 0 Å². The number of allylic oxidation sites excluding steroid dienone is 2. The average molecular weight is 455 g/mol. The number of nitrogens with zero attached hydrogens (tertiary/aromatic N) is 7. The zero-order valence-electron chi connectivity index (χ0n) is 18.5. The number of hydrogen-bond donors (Lipinski definition) is 1. The molecule has 3 rings (SSSR count). The number of rotatable bonds is 10. The molecule has 0 aliphatic carbocycles. The molecule has 0 aliphatic rings. The smallest absolute Gasteiger partial charge is 0.189 e. The molecule has 0 saturated heterocycles. The van der Waals surface area contributed by atoms with Crippen molar-refractivity contribution in [3.05, 3.63) is 76.1 Å². The topological polar surface area (TPSA) is 85.3 Å². The van der Waals surface area contributed by atoms with Gasteiger partial charge in [0.1, 0.15) is 11.3 Å². The number of thiazole rings is 1. The summed E-state index contributed by atoms with van der Waals surface area (Å²) in [5.74, 6) is -0.454. The van der Waals surface area contributed by atoms with E-state index in [1.165, 1.54) is 10.9 Å². The van der Waals surface area contributed by atoms with Crippen LogP contribution >= 0.6 is 11.3 Å². The lowest BCUT2D eigenvalue weighted by Gasteiger charge is -2.15. The van der Waals surface area contributed by atoms with Crippen LogP contribution in [-0.2, 0) is 19.4 Å². The number of nitrogens with one attached hydrogen (secondary N) is 1. The predicted molar refractivity (Wildman–Crippen MR) is 127 cm³/mol. The molecule has 3 aromatic rings. The van der Waals surface area contributed by atoms with Gasteiger partial charge < -0.3 is 5.43 Å². The van der Waals surface area contributed by atoms with Gasteiger partial charge in [-0.2, -0.15) is 5.10 Å². The normalized spacial score (nSPS) is 12.9. The van der Waals surface area contributed by atoms with Gasteiger partial charge in [0.15, 0.2) is 17.1 Å². The van der Waals surface area contributed by atoms with Gasteiger partial charge in [-0.15, -0.1) is 11.3 Å². The zero-order chi connectivity index (χ0) is 22.9. The fraction of sp³-hybridized carbons (Fsp3) is 0.318. The van der Waals surface area contributed by atoms with Crippen LogP contribution in [0, 0.1) is 0 Å². The van der Waals surface area contributed by atoms with Gasteiger partial charge in [-0.1, -0.05) is 19.9 Å². The molecule has 1 N–H and O–H groups in total. The van der Waals surface area contributed by atoms with Gasteiger partial charge in [-0.05, 0) is 25.5 Å². The van der Waals surface area contributed by atoms with E-state index in [-0.39, 0.29) is 5.82 Å². The van der Waals surface area contributed by atoms with Crippen LogP contribution < -0.4 is 10.9 Å². The van der Waals surface area contributed by atoms with E-state index in [9.17, 15) is 4.39 Å². The summed E-state index contributed by atoms with van der Waals surface area (Å²) in [6, 6.07) is 1.84. The molecule has 0 fully saturated rings.